The second-order valence-corrected chi connectivity index (χ2v) is 8.02. The Morgan fingerprint density at radius 3 is 2.81 bits per heavy atom. The fourth-order valence-corrected chi connectivity index (χ4v) is 5.27. The summed E-state index contributed by atoms with van der Waals surface area (Å²) in [5.74, 6) is 0.908. The van der Waals surface area contributed by atoms with Crippen molar-refractivity contribution in [1.29, 1.82) is 0 Å². The minimum atomic E-state index is -0.130. The molecule has 3 rings (SSSR count). The number of hydrogen-bond acceptors (Lipinski definition) is 5. The number of thiophene rings is 1. The number of aryl methyl sites for hydroxylation is 3. The largest absolute Gasteiger partial charge is 0.348 e. The van der Waals surface area contributed by atoms with Gasteiger partial charge < -0.3 is 4.90 Å². The lowest BCUT2D eigenvalue weighted by atomic mass is 10.2. The molecule has 0 saturated heterocycles. The molecular formula is C15H19N3OS2. The highest BCUT2D eigenvalue weighted by Gasteiger charge is 2.24. The van der Waals surface area contributed by atoms with Crippen LogP contribution in [0.2, 0.25) is 0 Å². The molecule has 0 saturated carbocycles. The molecule has 0 radical (unpaired) electrons. The van der Waals surface area contributed by atoms with Crippen molar-refractivity contribution in [2.45, 2.75) is 43.4 Å². The van der Waals surface area contributed by atoms with Gasteiger partial charge in [-0.25, -0.2) is 9.97 Å². The van der Waals surface area contributed by atoms with Gasteiger partial charge >= 0.3 is 0 Å². The Morgan fingerprint density at radius 2 is 2.10 bits per heavy atom. The SMILES string of the molecule is Cc1nc(S[C@H](C)C(=O)N(C)C)c2c3c(sc2n1)CCC3. The average Bonchev–Trinajstić information content (AvgIpc) is 2.96. The Hall–Kier alpha value is -1.14. The summed E-state index contributed by atoms with van der Waals surface area (Å²) >= 11 is 3.36. The quantitative estimate of drug-likeness (QED) is 0.644. The summed E-state index contributed by atoms with van der Waals surface area (Å²) in [6.07, 6.45) is 3.50. The van der Waals surface area contributed by atoms with Crippen LogP contribution >= 0.6 is 23.1 Å². The van der Waals surface area contributed by atoms with E-state index in [4.69, 9.17) is 0 Å². The lowest BCUT2D eigenvalue weighted by Crippen LogP contribution is -2.29. The molecule has 0 aliphatic heterocycles. The standard InChI is InChI=1S/C15H19N3OS2/c1-8(15(19)18(3)4)20-13-12-10-6-5-7-11(10)21-14(12)17-9(2)16-13/h8H,5-7H2,1-4H3/t8-/m1/s1. The number of amides is 1. The molecule has 0 aromatic carbocycles. The van der Waals surface area contributed by atoms with Crippen LogP contribution in [0.5, 0.6) is 0 Å². The van der Waals surface area contributed by atoms with Crippen LogP contribution in [0.3, 0.4) is 0 Å². The monoisotopic (exact) mass is 321 g/mol. The van der Waals surface area contributed by atoms with Crippen LogP contribution < -0.4 is 0 Å². The van der Waals surface area contributed by atoms with Gasteiger partial charge in [-0.05, 0) is 38.7 Å². The van der Waals surface area contributed by atoms with E-state index in [0.29, 0.717) is 0 Å². The first-order chi connectivity index (χ1) is 9.97. The van der Waals surface area contributed by atoms with Crippen LogP contribution in [0.25, 0.3) is 10.2 Å². The molecule has 0 bridgehead atoms. The van der Waals surface area contributed by atoms with Gasteiger partial charge in [0, 0.05) is 24.4 Å². The molecule has 0 fully saturated rings. The van der Waals surface area contributed by atoms with E-state index in [0.717, 1.165) is 28.5 Å². The molecule has 0 N–H and O–H groups in total. The topological polar surface area (TPSA) is 46.1 Å². The molecule has 2 aromatic rings. The normalized spacial score (nSPS) is 15.2. The van der Waals surface area contributed by atoms with Crippen LogP contribution in [0.4, 0.5) is 0 Å². The molecule has 1 aliphatic rings. The number of carbonyl (C=O) groups excluding carboxylic acids is 1. The van der Waals surface area contributed by atoms with Crippen molar-refractivity contribution in [2.24, 2.45) is 0 Å². The van der Waals surface area contributed by atoms with Gasteiger partial charge in [0.05, 0.1) is 5.25 Å². The molecular weight excluding hydrogens is 302 g/mol. The maximum atomic E-state index is 12.1. The van der Waals surface area contributed by atoms with E-state index in [1.54, 1.807) is 42.1 Å². The Morgan fingerprint density at radius 1 is 1.33 bits per heavy atom. The number of aromatic nitrogens is 2. The maximum absolute atomic E-state index is 12.1. The van der Waals surface area contributed by atoms with Crippen LogP contribution in [0.15, 0.2) is 5.03 Å². The van der Waals surface area contributed by atoms with Crippen LogP contribution in [-0.4, -0.2) is 40.1 Å². The third-order valence-electron chi connectivity index (χ3n) is 3.72. The second-order valence-electron chi connectivity index (χ2n) is 5.61. The van der Waals surface area contributed by atoms with E-state index < -0.39 is 0 Å². The highest BCUT2D eigenvalue weighted by molar-refractivity contribution is 8.00. The molecule has 6 heteroatoms. The molecule has 0 spiro atoms. The first-order valence-electron chi connectivity index (χ1n) is 7.14. The zero-order chi connectivity index (χ0) is 15.1. The van der Waals surface area contributed by atoms with E-state index >= 15 is 0 Å². The Labute approximate surface area is 133 Å². The van der Waals surface area contributed by atoms with Crippen molar-refractivity contribution >= 4 is 39.2 Å². The number of fused-ring (bicyclic) bond motifs is 3. The van der Waals surface area contributed by atoms with E-state index in [2.05, 4.69) is 9.97 Å². The summed E-state index contributed by atoms with van der Waals surface area (Å²) < 4.78 is 0. The number of thioether (sulfide) groups is 1. The van der Waals surface area contributed by atoms with Crippen molar-refractivity contribution in [3.8, 4) is 0 Å². The molecule has 2 heterocycles. The summed E-state index contributed by atoms with van der Waals surface area (Å²) in [6, 6.07) is 0. The van der Waals surface area contributed by atoms with Gasteiger partial charge in [0.2, 0.25) is 5.91 Å². The zero-order valence-corrected chi connectivity index (χ0v) is 14.4. The lowest BCUT2D eigenvalue weighted by molar-refractivity contribution is -0.127. The first-order valence-corrected chi connectivity index (χ1v) is 8.83. The minimum Gasteiger partial charge on any atom is -0.348 e. The number of rotatable bonds is 3. The van der Waals surface area contributed by atoms with Gasteiger partial charge in [-0.3, -0.25) is 4.79 Å². The summed E-state index contributed by atoms with van der Waals surface area (Å²) in [5, 5.41) is 2.04. The number of hydrogen-bond donors (Lipinski definition) is 0. The number of nitrogens with zero attached hydrogens (tertiary/aromatic N) is 3. The minimum absolute atomic E-state index is 0.122. The smallest absolute Gasteiger partial charge is 0.235 e. The van der Waals surface area contributed by atoms with Gasteiger partial charge in [0.1, 0.15) is 15.7 Å². The van der Waals surface area contributed by atoms with Crippen LogP contribution in [0, 0.1) is 6.92 Å². The predicted molar refractivity (Wildman–Crippen MR) is 88.2 cm³/mol. The highest BCUT2D eigenvalue weighted by Crippen LogP contribution is 2.41. The van der Waals surface area contributed by atoms with Crippen LogP contribution in [-0.2, 0) is 17.6 Å². The maximum Gasteiger partial charge on any atom is 0.235 e. The molecule has 1 atom stereocenters. The van der Waals surface area contributed by atoms with Crippen molar-refractivity contribution < 1.29 is 4.79 Å². The first kappa shape index (κ1) is 14.8. The third-order valence-corrected chi connectivity index (χ3v) is 5.98. The van der Waals surface area contributed by atoms with Gasteiger partial charge in [-0.1, -0.05) is 11.8 Å². The predicted octanol–water partition coefficient (Wildman–Crippen LogP) is 3.06. The molecule has 4 nitrogen and oxygen atoms in total. The fraction of sp³-hybridized carbons (Fsp3) is 0.533. The number of carbonyl (C=O) groups is 1. The van der Waals surface area contributed by atoms with Crippen molar-refractivity contribution in [3.63, 3.8) is 0 Å². The molecule has 0 unspecified atom stereocenters. The Kier molecular flexibility index (Phi) is 3.92. The van der Waals surface area contributed by atoms with Crippen LogP contribution in [0.1, 0.15) is 29.6 Å². The summed E-state index contributed by atoms with van der Waals surface area (Å²) in [7, 11) is 3.59. The second kappa shape index (κ2) is 5.57. The average molecular weight is 321 g/mol. The zero-order valence-electron chi connectivity index (χ0n) is 12.8. The van der Waals surface area contributed by atoms with Gasteiger partial charge in [0.15, 0.2) is 0 Å². The van der Waals surface area contributed by atoms with E-state index in [-0.39, 0.29) is 11.2 Å². The molecule has 1 amide bonds. The van der Waals surface area contributed by atoms with Gasteiger partial charge in [-0.2, -0.15) is 0 Å². The van der Waals surface area contributed by atoms with E-state index in [9.17, 15) is 4.79 Å². The summed E-state index contributed by atoms with van der Waals surface area (Å²) in [5.41, 5.74) is 1.42. The lowest BCUT2D eigenvalue weighted by Gasteiger charge is -2.16. The fourth-order valence-electron chi connectivity index (χ4n) is 2.73. The Balaban J connectivity index is 2.03. The molecule has 112 valence electrons. The molecule has 2 aromatic heterocycles. The summed E-state index contributed by atoms with van der Waals surface area (Å²) in [4.78, 5) is 25.5. The van der Waals surface area contributed by atoms with E-state index in [1.165, 1.54) is 22.2 Å². The molecule has 21 heavy (non-hydrogen) atoms. The van der Waals surface area contributed by atoms with Gasteiger partial charge in [-0.15, -0.1) is 11.3 Å². The summed E-state index contributed by atoms with van der Waals surface area (Å²) in [6.45, 7) is 3.87. The Bertz CT molecular complexity index is 708. The highest BCUT2D eigenvalue weighted by atomic mass is 32.2. The van der Waals surface area contributed by atoms with Crippen molar-refractivity contribution in [3.05, 3.63) is 16.3 Å². The van der Waals surface area contributed by atoms with E-state index in [1.807, 2.05) is 13.8 Å². The van der Waals surface area contributed by atoms with Crippen molar-refractivity contribution in [1.82, 2.24) is 14.9 Å². The third kappa shape index (κ3) is 2.66. The molecule has 1 aliphatic carbocycles. The van der Waals surface area contributed by atoms with Gasteiger partial charge in [0.25, 0.3) is 0 Å². The van der Waals surface area contributed by atoms with Crippen molar-refractivity contribution in [2.75, 3.05) is 14.1 Å².